The average molecular weight is 180 g/mol. The molecule has 1 aliphatic rings. The number of rotatable bonds is 3. The Morgan fingerprint density at radius 3 is 2.77 bits per heavy atom. The maximum absolute atomic E-state index is 9.31. The Kier molecular flexibility index (Phi) is 2.14. The average Bonchev–Trinajstić information content (AvgIpc) is 2.54. The van der Waals surface area contributed by atoms with Gasteiger partial charge < -0.3 is 15.8 Å². The zero-order valence-electron chi connectivity index (χ0n) is 7.66. The van der Waals surface area contributed by atoms with E-state index in [1.807, 2.05) is 18.3 Å². The van der Waals surface area contributed by atoms with Crippen molar-refractivity contribution < 1.29 is 5.11 Å². The molecule has 0 amide bonds. The smallest absolute Gasteiger partial charge is 0.0527 e. The molecule has 3 nitrogen and oxygen atoms in total. The van der Waals surface area contributed by atoms with Gasteiger partial charge >= 0.3 is 0 Å². The third kappa shape index (κ3) is 1.28. The number of hydrogen-bond acceptors (Lipinski definition) is 2. The van der Waals surface area contributed by atoms with Crippen LogP contribution in [0, 0.1) is 5.41 Å². The van der Waals surface area contributed by atoms with Crippen molar-refractivity contribution >= 4 is 0 Å². The Hall–Kier alpha value is -0.800. The van der Waals surface area contributed by atoms with Crippen molar-refractivity contribution in [1.29, 1.82) is 0 Å². The van der Waals surface area contributed by atoms with Gasteiger partial charge in [-0.25, -0.2) is 0 Å². The van der Waals surface area contributed by atoms with Crippen molar-refractivity contribution in [3.63, 3.8) is 0 Å². The first-order valence-corrected chi connectivity index (χ1v) is 4.78. The van der Waals surface area contributed by atoms with E-state index in [1.165, 1.54) is 6.42 Å². The largest absolute Gasteiger partial charge is 0.396 e. The van der Waals surface area contributed by atoms with Gasteiger partial charge in [-0.2, -0.15) is 0 Å². The Labute approximate surface area is 78.0 Å². The molecule has 1 heterocycles. The SMILES string of the molecule is NC(c1ccc[nH]1)C1(CO)CCC1. The van der Waals surface area contributed by atoms with Crippen molar-refractivity contribution in [2.75, 3.05) is 6.61 Å². The Bertz CT molecular complexity index is 259. The summed E-state index contributed by atoms with van der Waals surface area (Å²) in [6.45, 7) is 0.202. The molecule has 4 N–H and O–H groups in total. The normalized spacial score (nSPS) is 22.3. The van der Waals surface area contributed by atoms with Crippen LogP contribution in [0.4, 0.5) is 0 Å². The number of aliphatic hydroxyl groups excluding tert-OH is 1. The number of hydrogen-bond donors (Lipinski definition) is 3. The summed E-state index contributed by atoms with van der Waals surface area (Å²) in [5.41, 5.74) is 7.08. The molecule has 0 saturated heterocycles. The first kappa shape index (κ1) is 8.78. The Balaban J connectivity index is 2.16. The maximum Gasteiger partial charge on any atom is 0.0527 e. The lowest BCUT2D eigenvalue weighted by atomic mass is 9.64. The van der Waals surface area contributed by atoms with E-state index in [0.717, 1.165) is 18.5 Å². The second-order valence-corrected chi connectivity index (χ2v) is 3.98. The van der Waals surface area contributed by atoms with Gasteiger partial charge in [0.1, 0.15) is 0 Å². The van der Waals surface area contributed by atoms with Gasteiger partial charge in [0, 0.05) is 17.3 Å². The first-order valence-electron chi connectivity index (χ1n) is 4.78. The van der Waals surface area contributed by atoms with E-state index in [9.17, 15) is 5.11 Å². The number of nitrogens with one attached hydrogen (secondary N) is 1. The minimum Gasteiger partial charge on any atom is -0.396 e. The molecule has 0 bridgehead atoms. The van der Waals surface area contributed by atoms with Gasteiger partial charge in [0.2, 0.25) is 0 Å². The van der Waals surface area contributed by atoms with Crippen molar-refractivity contribution in [3.8, 4) is 0 Å². The standard InChI is InChI=1S/C10H16N2O/c11-9(8-3-1-6-12-8)10(7-13)4-2-5-10/h1,3,6,9,12-13H,2,4-5,7,11H2. The molecule has 0 aliphatic heterocycles. The van der Waals surface area contributed by atoms with Gasteiger partial charge in [0.25, 0.3) is 0 Å². The molecule has 13 heavy (non-hydrogen) atoms. The fourth-order valence-corrected chi connectivity index (χ4v) is 2.07. The van der Waals surface area contributed by atoms with Crippen LogP contribution in [-0.4, -0.2) is 16.7 Å². The van der Waals surface area contributed by atoms with E-state index in [-0.39, 0.29) is 18.1 Å². The summed E-state index contributed by atoms with van der Waals surface area (Å²) in [6.07, 6.45) is 5.15. The van der Waals surface area contributed by atoms with E-state index >= 15 is 0 Å². The molecule has 0 aromatic carbocycles. The van der Waals surface area contributed by atoms with E-state index < -0.39 is 0 Å². The zero-order valence-corrected chi connectivity index (χ0v) is 7.66. The second kappa shape index (κ2) is 3.16. The van der Waals surface area contributed by atoms with Gasteiger partial charge in [0.15, 0.2) is 0 Å². The van der Waals surface area contributed by atoms with Gasteiger partial charge in [-0.1, -0.05) is 6.42 Å². The van der Waals surface area contributed by atoms with Crippen molar-refractivity contribution in [2.24, 2.45) is 11.1 Å². The molecule has 1 aliphatic carbocycles. The number of H-pyrrole nitrogens is 1. The molecular formula is C10H16N2O. The first-order chi connectivity index (χ1) is 6.28. The monoisotopic (exact) mass is 180 g/mol. The quantitative estimate of drug-likeness (QED) is 0.654. The van der Waals surface area contributed by atoms with Crippen LogP contribution in [0.5, 0.6) is 0 Å². The lowest BCUT2D eigenvalue weighted by molar-refractivity contribution is 0.0173. The van der Waals surface area contributed by atoms with Crippen LogP contribution in [-0.2, 0) is 0 Å². The zero-order chi connectivity index (χ0) is 9.31. The molecule has 1 fully saturated rings. The third-order valence-corrected chi connectivity index (χ3v) is 3.28. The van der Waals surface area contributed by atoms with Crippen LogP contribution in [0.3, 0.4) is 0 Å². The number of nitrogens with two attached hydrogens (primary N) is 1. The predicted octanol–water partition coefficient (Wildman–Crippen LogP) is 1.18. The van der Waals surface area contributed by atoms with E-state index in [2.05, 4.69) is 4.98 Å². The highest BCUT2D eigenvalue weighted by Crippen LogP contribution is 2.48. The van der Waals surface area contributed by atoms with Crippen LogP contribution in [0.1, 0.15) is 31.0 Å². The molecule has 1 unspecified atom stereocenters. The van der Waals surface area contributed by atoms with Gasteiger partial charge in [0.05, 0.1) is 12.6 Å². The Morgan fingerprint density at radius 2 is 2.38 bits per heavy atom. The summed E-state index contributed by atoms with van der Waals surface area (Å²) in [5, 5.41) is 9.31. The summed E-state index contributed by atoms with van der Waals surface area (Å²) in [6, 6.07) is 3.89. The van der Waals surface area contributed by atoms with Gasteiger partial charge in [-0.15, -0.1) is 0 Å². The number of aromatic nitrogens is 1. The van der Waals surface area contributed by atoms with Crippen molar-refractivity contribution in [2.45, 2.75) is 25.3 Å². The van der Waals surface area contributed by atoms with E-state index in [0.29, 0.717) is 0 Å². The summed E-state index contributed by atoms with van der Waals surface area (Å²) in [4.78, 5) is 3.11. The molecule has 1 atom stereocenters. The van der Waals surface area contributed by atoms with Gasteiger partial charge in [-0.05, 0) is 25.0 Å². The lowest BCUT2D eigenvalue weighted by Gasteiger charge is -2.44. The van der Waals surface area contributed by atoms with E-state index in [4.69, 9.17) is 5.73 Å². The molecule has 0 spiro atoms. The minimum atomic E-state index is -0.0507. The third-order valence-electron chi connectivity index (χ3n) is 3.28. The molecule has 3 heteroatoms. The van der Waals surface area contributed by atoms with E-state index in [1.54, 1.807) is 0 Å². The second-order valence-electron chi connectivity index (χ2n) is 3.98. The topological polar surface area (TPSA) is 62.0 Å². The molecular weight excluding hydrogens is 164 g/mol. The van der Waals surface area contributed by atoms with Crippen LogP contribution >= 0.6 is 0 Å². The molecule has 2 rings (SSSR count). The van der Waals surface area contributed by atoms with Gasteiger partial charge in [-0.3, -0.25) is 0 Å². The predicted molar refractivity (Wildman–Crippen MR) is 51.1 cm³/mol. The summed E-state index contributed by atoms with van der Waals surface area (Å²) < 4.78 is 0. The highest BCUT2D eigenvalue weighted by atomic mass is 16.3. The maximum atomic E-state index is 9.31. The number of aliphatic hydroxyl groups is 1. The van der Waals surface area contributed by atoms with Crippen LogP contribution in [0.25, 0.3) is 0 Å². The van der Waals surface area contributed by atoms with Crippen LogP contribution in [0.2, 0.25) is 0 Å². The summed E-state index contributed by atoms with van der Waals surface area (Å²) >= 11 is 0. The summed E-state index contributed by atoms with van der Waals surface area (Å²) in [7, 11) is 0. The molecule has 1 aromatic heterocycles. The fourth-order valence-electron chi connectivity index (χ4n) is 2.07. The van der Waals surface area contributed by atoms with Crippen molar-refractivity contribution in [1.82, 2.24) is 4.98 Å². The highest BCUT2D eigenvalue weighted by Gasteiger charge is 2.42. The lowest BCUT2D eigenvalue weighted by Crippen LogP contribution is -2.43. The molecule has 1 aromatic rings. The minimum absolute atomic E-state index is 0.0405. The molecule has 0 radical (unpaired) electrons. The van der Waals surface area contributed by atoms with Crippen LogP contribution < -0.4 is 5.73 Å². The molecule has 1 saturated carbocycles. The molecule has 72 valence electrons. The highest BCUT2D eigenvalue weighted by molar-refractivity contribution is 5.14. The fraction of sp³-hybridized carbons (Fsp3) is 0.600. The summed E-state index contributed by atoms with van der Waals surface area (Å²) in [5.74, 6) is 0. The van der Waals surface area contributed by atoms with Crippen LogP contribution in [0.15, 0.2) is 18.3 Å². The van der Waals surface area contributed by atoms with Crippen molar-refractivity contribution in [3.05, 3.63) is 24.0 Å². The Morgan fingerprint density at radius 1 is 1.62 bits per heavy atom. The number of aromatic amines is 1.